The molecule has 90 valence electrons. The van der Waals surface area contributed by atoms with Crippen LogP contribution in [0.3, 0.4) is 0 Å². The van der Waals surface area contributed by atoms with E-state index in [1.165, 1.54) is 0 Å². The molecule has 15 heavy (non-hydrogen) atoms. The molecule has 0 atom stereocenters. The molecular formula is C11H23NO3. The van der Waals surface area contributed by atoms with E-state index in [0.717, 1.165) is 6.54 Å². The Balaban J connectivity index is 3.55. The van der Waals surface area contributed by atoms with Crippen LogP contribution in [0.5, 0.6) is 0 Å². The van der Waals surface area contributed by atoms with Gasteiger partial charge in [-0.1, -0.05) is 0 Å². The Morgan fingerprint density at radius 1 is 1.20 bits per heavy atom. The topological polar surface area (TPSA) is 38.8 Å². The molecule has 0 aromatic rings. The van der Waals surface area contributed by atoms with Gasteiger partial charge in [-0.25, -0.2) is 0 Å². The minimum atomic E-state index is -0.183. The maximum Gasteiger partial charge on any atom is 0.320 e. The lowest BCUT2D eigenvalue weighted by molar-refractivity contribution is -0.148. The summed E-state index contributed by atoms with van der Waals surface area (Å²) in [5.74, 6) is -0.183. The van der Waals surface area contributed by atoms with Crippen molar-refractivity contribution < 1.29 is 14.3 Å². The van der Waals surface area contributed by atoms with Crippen LogP contribution < -0.4 is 0 Å². The standard InChI is InChI=1S/C11H23NO3/c1-9(2)14-7-6-12(5)8-11(13)15-10(3)4/h9-10H,6-8H2,1-5H3. The third kappa shape index (κ3) is 9.69. The number of ether oxygens (including phenoxy) is 2. The molecule has 0 aliphatic carbocycles. The average Bonchev–Trinajstić information content (AvgIpc) is 2.00. The Bertz CT molecular complexity index is 181. The third-order valence-corrected chi connectivity index (χ3v) is 1.69. The zero-order valence-corrected chi connectivity index (χ0v) is 10.4. The highest BCUT2D eigenvalue weighted by Gasteiger charge is 2.09. The van der Waals surface area contributed by atoms with E-state index in [1.54, 1.807) is 0 Å². The monoisotopic (exact) mass is 217 g/mol. The maximum absolute atomic E-state index is 11.3. The van der Waals surface area contributed by atoms with Crippen molar-refractivity contribution in [3.8, 4) is 0 Å². The Morgan fingerprint density at radius 3 is 2.27 bits per heavy atom. The highest BCUT2D eigenvalue weighted by molar-refractivity contribution is 5.71. The van der Waals surface area contributed by atoms with Crippen LogP contribution in [0.1, 0.15) is 27.7 Å². The summed E-state index contributed by atoms with van der Waals surface area (Å²) in [4.78, 5) is 13.2. The summed E-state index contributed by atoms with van der Waals surface area (Å²) in [6.45, 7) is 9.38. The molecule has 0 spiro atoms. The van der Waals surface area contributed by atoms with Gasteiger partial charge in [0, 0.05) is 6.54 Å². The minimum Gasteiger partial charge on any atom is -0.462 e. The zero-order chi connectivity index (χ0) is 11.8. The molecule has 0 heterocycles. The number of nitrogens with zero attached hydrogens (tertiary/aromatic N) is 1. The molecule has 0 aromatic heterocycles. The summed E-state index contributed by atoms with van der Waals surface area (Å²) in [5.41, 5.74) is 0. The lowest BCUT2D eigenvalue weighted by atomic mass is 10.4. The first-order chi connectivity index (χ1) is 6.91. The van der Waals surface area contributed by atoms with Gasteiger partial charge >= 0.3 is 5.97 Å². The van der Waals surface area contributed by atoms with E-state index in [-0.39, 0.29) is 18.2 Å². The fourth-order valence-corrected chi connectivity index (χ4v) is 1.04. The molecule has 0 radical (unpaired) electrons. The van der Waals surface area contributed by atoms with Gasteiger partial charge in [0.05, 0.1) is 25.4 Å². The Hall–Kier alpha value is -0.610. The fourth-order valence-electron chi connectivity index (χ4n) is 1.04. The van der Waals surface area contributed by atoms with Gasteiger partial charge < -0.3 is 9.47 Å². The highest BCUT2D eigenvalue weighted by Crippen LogP contribution is 1.93. The van der Waals surface area contributed by atoms with Gasteiger partial charge in [-0.3, -0.25) is 9.69 Å². The molecule has 4 nitrogen and oxygen atoms in total. The van der Waals surface area contributed by atoms with Crippen molar-refractivity contribution in [2.45, 2.75) is 39.9 Å². The molecule has 0 saturated carbocycles. The number of carbonyl (C=O) groups excluding carboxylic acids is 1. The number of likely N-dealkylation sites (N-methyl/N-ethyl adjacent to an activating group) is 1. The molecule has 0 fully saturated rings. The summed E-state index contributed by atoms with van der Waals surface area (Å²) < 4.78 is 10.4. The predicted molar refractivity (Wildman–Crippen MR) is 59.8 cm³/mol. The van der Waals surface area contributed by atoms with Gasteiger partial charge in [-0.2, -0.15) is 0 Å². The summed E-state index contributed by atoms with van der Waals surface area (Å²) in [6, 6.07) is 0. The number of hydrogen-bond donors (Lipinski definition) is 0. The molecule has 0 N–H and O–H groups in total. The molecular weight excluding hydrogens is 194 g/mol. The normalized spacial score (nSPS) is 11.5. The first-order valence-electron chi connectivity index (χ1n) is 5.41. The van der Waals surface area contributed by atoms with Crippen molar-refractivity contribution in [3.05, 3.63) is 0 Å². The minimum absolute atomic E-state index is 0.0437. The molecule has 0 rings (SSSR count). The van der Waals surface area contributed by atoms with Crippen LogP contribution in [-0.2, 0) is 14.3 Å². The molecule has 0 aliphatic rings. The molecule has 0 unspecified atom stereocenters. The molecule has 0 aliphatic heterocycles. The van der Waals surface area contributed by atoms with Crippen LogP contribution in [0.25, 0.3) is 0 Å². The van der Waals surface area contributed by atoms with Gasteiger partial charge in [-0.15, -0.1) is 0 Å². The maximum atomic E-state index is 11.3. The van der Waals surface area contributed by atoms with Crippen LogP contribution in [-0.4, -0.2) is 49.8 Å². The van der Waals surface area contributed by atoms with Crippen molar-refractivity contribution in [2.75, 3.05) is 26.7 Å². The number of hydrogen-bond acceptors (Lipinski definition) is 4. The van der Waals surface area contributed by atoms with Gasteiger partial charge in [0.2, 0.25) is 0 Å². The largest absolute Gasteiger partial charge is 0.462 e. The molecule has 0 saturated heterocycles. The van der Waals surface area contributed by atoms with Crippen molar-refractivity contribution in [2.24, 2.45) is 0 Å². The quantitative estimate of drug-likeness (QED) is 0.602. The van der Waals surface area contributed by atoms with Crippen molar-refractivity contribution >= 4 is 5.97 Å². The van der Waals surface area contributed by atoms with Crippen LogP contribution in [0, 0.1) is 0 Å². The SMILES string of the molecule is CC(C)OCCN(C)CC(=O)OC(C)C. The second-order valence-corrected chi connectivity index (χ2v) is 4.20. The van der Waals surface area contributed by atoms with Crippen molar-refractivity contribution in [1.29, 1.82) is 0 Å². The summed E-state index contributed by atoms with van der Waals surface area (Å²) >= 11 is 0. The van der Waals surface area contributed by atoms with E-state index in [0.29, 0.717) is 13.2 Å². The first kappa shape index (κ1) is 14.4. The second kappa shape index (κ2) is 7.65. The first-order valence-corrected chi connectivity index (χ1v) is 5.41. The van der Waals surface area contributed by atoms with E-state index >= 15 is 0 Å². The van der Waals surface area contributed by atoms with Crippen molar-refractivity contribution in [3.63, 3.8) is 0 Å². The second-order valence-electron chi connectivity index (χ2n) is 4.20. The van der Waals surface area contributed by atoms with E-state index in [4.69, 9.17) is 9.47 Å². The van der Waals surface area contributed by atoms with Crippen LogP contribution in [0.2, 0.25) is 0 Å². The number of esters is 1. The highest BCUT2D eigenvalue weighted by atomic mass is 16.5. The lowest BCUT2D eigenvalue weighted by Crippen LogP contribution is -2.31. The van der Waals surface area contributed by atoms with Gasteiger partial charge in [0.15, 0.2) is 0 Å². The van der Waals surface area contributed by atoms with E-state index in [1.807, 2.05) is 39.6 Å². The van der Waals surface area contributed by atoms with Crippen LogP contribution in [0.4, 0.5) is 0 Å². The molecule has 4 heteroatoms. The molecule has 0 amide bonds. The smallest absolute Gasteiger partial charge is 0.320 e. The Morgan fingerprint density at radius 2 is 1.80 bits per heavy atom. The van der Waals surface area contributed by atoms with Crippen molar-refractivity contribution in [1.82, 2.24) is 4.90 Å². The molecule has 0 aromatic carbocycles. The van der Waals surface area contributed by atoms with Gasteiger partial charge in [0.25, 0.3) is 0 Å². The van der Waals surface area contributed by atoms with Gasteiger partial charge in [-0.05, 0) is 34.7 Å². The van der Waals surface area contributed by atoms with E-state index in [2.05, 4.69) is 0 Å². The zero-order valence-electron chi connectivity index (χ0n) is 10.4. The average molecular weight is 217 g/mol. The van der Waals surface area contributed by atoms with Crippen LogP contribution in [0.15, 0.2) is 0 Å². The summed E-state index contributed by atoms with van der Waals surface area (Å²) in [5, 5.41) is 0. The number of rotatable bonds is 7. The van der Waals surface area contributed by atoms with Gasteiger partial charge in [0.1, 0.15) is 0 Å². The molecule has 0 bridgehead atoms. The Labute approximate surface area is 92.5 Å². The Kier molecular flexibility index (Phi) is 7.34. The summed E-state index contributed by atoms with van der Waals surface area (Å²) in [6.07, 6.45) is 0.193. The number of carbonyl (C=O) groups is 1. The van der Waals surface area contributed by atoms with E-state index in [9.17, 15) is 4.79 Å². The predicted octanol–water partition coefficient (Wildman–Crippen LogP) is 1.29. The third-order valence-electron chi connectivity index (χ3n) is 1.69. The van der Waals surface area contributed by atoms with E-state index < -0.39 is 0 Å². The fraction of sp³-hybridized carbons (Fsp3) is 0.909. The summed E-state index contributed by atoms with van der Waals surface area (Å²) in [7, 11) is 1.88. The van der Waals surface area contributed by atoms with Crippen LogP contribution >= 0.6 is 0 Å². The lowest BCUT2D eigenvalue weighted by Gasteiger charge is -2.17.